The van der Waals surface area contributed by atoms with Crippen molar-refractivity contribution >= 4 is 28.8 Å². The number of rotatable bonds is 2. The lowest BCUT2D eigenvalue weighted by Gasteiger charge is -2.23. The van der Waals surface area contributed by atoms with E-state index in [-0.39, 0.29) is 0 Å². The van der Waals surface area contributed by atoms with Gasteiger partial charge in [-0.05, 0) is 12.8 Å². The number of nitrogens with zero attached hydrogens (tertiary/aromatic N) is 4. The predicted molar refractivity (Wildman–Crippen MR) is 68.5 cm³/mol. The van der Waals surface area contributed by atoms with E-state index in [1.807, 2.05) is 11.6 Å². The molecule has 2 aromatic heterocycles. The van der Waals surface area contributed by atoms with E-state index < -0.39 is 0 Å². The van der Waals surface area contributed by atoms with Crippen LogP contribution in [0.2, 0.25) is 5.15 Å². The number of aromatic nitrogens is 3. The van der Waals surface area contributed by atoms with Crippen molar-refractivity contribution in [3.63, 3.8) is 0 Å². The minimum atomic E-state index is 0.322. The summed E-state index contributed by atoms with van der Waals surface area (Å²) in [4.78, 5) is 15.0. The summed E-state index contributed by atoms with van der Waals surface area (Å²) in [5, 5.41) is 3.59. The molecule has 4 nitrogen and oxygen atoms in total. The highest BCUT2D eigenvalue weighted by atomic mass is 35.5. The van der Waals surface area contributed by atoms with Gasteiger partial charge in [0.2, 0.25) is 0 Å². The van der Waals surface area contributed by atoms with Crippen LogP contribution >= 0.6 is 22.9 Å². The highest BCUT2D eigenvalue weighted by molar-refractivity contribution is 7.09. The molecule has 0 N–H and O–H groups in total. The Bertz CT molecular complexity index is 502. The summed E-state index contributed by atoms with van der Waals surface area (Å²) in [7, 11) is 0. The van der Waals surface area contributed by atoms with Crippen molar-refractivity contribution in [3.05, 3.63) is 34.1 Å². The van der Waals surface area contributed by atoms with Crippen molar-refractivity contribution in [1.82, 2.24) is 15.0 Å². The zero-order chi connectivity index (χ0) is 11.7. The van der Waals surface area contributed by atoms with Crippen LogP contribution in [0, 0.1) is 0 Å². The Morgan fingerprint density at radius 1 is 1.41 bits per heavy atom. The first-order valence-electron chi connectivity index (χ1n) is 5.48. The van der Waals surface area contributed by atoms with Gasteiger partial charge in [-0.2, -0.15) is 0 Å². The fourth-order valence-electron chi connectivity index (χ4n) is 2.17. The maximum Gasteiger partial charge on any atom is 0.149 e. The van der Waals surface area contributed by atoms with Gasteiger partial charge in [0.1, 0.15) is 16.0 Å². The van der Waals surface area contributed by atoms with E-state index in [0.29, 0.717) is 11.2 Å². The second kappa shape index (κ2) is 4.58. The average molecular weight is 267 g/mol. The maximum atomic E-state index is 5.88. The van der Waals surface area contributed by atoms with Gasteiger partial charge in [-0.15, -0.1) is 11.3 Å². The summed E-state index contributed by atoms with van der Waals surface area (Å²) in [6, 6.07) is 0.322. The van der Waals surface area contributed by atoms with Gasteiger partial charge in [-0.25, -0.2) is 9.97 Å². The Morgan fingerprint density at radius 2 is 2.35 bits per heavy atom. The quantitative estimate of drug-likeness (QED) is 0.838. The Balaban J connectivity index is 1.92. The topological polar surface area (TPSA) is 41.9 Å². The Morgan fingerprint density at radius 3 is 3.12 bits per heavy atom. The molecule has 1 unspecified atom stereocenters. The second-order valence-electron chi connectivity index (χ2n) is 3.92. The molecular weight excluding hydrogens is 256 g/mol. The van der Waals surface area contributed by atoms with E-state index >= 15 is 0 Å². The fraction of sp³-hybridized carbons (Fsp3) is 0.364. The molecule has 1 aliphatic rings. The molecule has 1 atom stereocenters. The molecule has 3 rings (SSSR count). The van der Waals surface area contributed by atoms with E-state index in [1.54, 1.807) is 23.7 Å². The van der Waals surface area contributed by atoms with Gasteiger partial charge in [-0.3, -0.25) is 4.98 Å². The SMILES string of the molecule is Clc1cncc(N2CCCC2c2nccs2)n1. The zero-order valence-electron chi connectivity index (χ0n) is 9.08. The Kier molecular flexibility index (Phi) is 2.94. The molecule has 0 aromatic carbocycles. The number of halogens is 1. The first-order valence-corrected chi connectivity index (χ1v) is 6.74. The van der Waals surface area contributed by atoms with Crippen molar-refractivity contribution in [2.45, 2.75) is 18.9 Å². The van der Waals surface area contributed by atoms with Crippen molar-refractivity contribution < 1.29 is 0 Å². The van der Waals surface area contributed by atoms with Gasteiger partial charge in [0.15, 0.2) is 0 Å². The van der Waals surface area contributed by atoms with E-state index in [2.05, 4.69) is 19.9 Å². The third-order valence-electron chi connectivity index (χ3n) is 2.88. The van der Waals surface area contributed by atoms with Crippen molar-refractivity contribution in [3.8, 4) is 0 Å². The molecular formula is C11H11ClN4S. The molecule has 3 heterocycles. The third-order valence-corrected chi connectivity index (χ3v) is 3.93. The van der Waals surface area contributed by atoms with Crippen LogP contribution in [0.15, 0.2) is 24.0 Å². The smallest absolute Gasteiger partial charge is 0.149 e. The molecule has 1 fully saturated rings. The van der Waals surface area contributed by atoms with Gasteiger partial charge in [0.25, 0.3) is 0 Å². The molecule has 0 saturated carbocycles. The number of thiazole rings is 1. The largest absolute Gasteiger partial charge is 0.346 e. The van der Waals surface area contributed by atoms with Crippen molar-refractivity contribution in [2.24, 2.45) is 0 Å². The number of anilines is 1. The van der Waals surface area contributed by atoms with E-state index in [1.165, 1.54) is 0 Å². The minimum absolute atomic E-state index is 0.322. The summed E-state index contributed by atoms with van der Waals surface area (Å²) in [6.07, 6.45) is 7.43. The minimum Gasteiger partial charge on any atom is -0.346 e. The van der Waals surface area contributed by atoms with E-state index in [4.69, 9.17) is 11.6 Å². The molecule has 1 saturated heterocycles. The van der Waals surface area contributed by atoms with Crippen LogP contribution < -0.4 is 4.90 Å². The van der Waals surface area contributed by atoms with Crippen LogP contribution in [0.1, 0.15) is 23.9 Å². The third kappa shape index (κ3) is 2.12. The van der Waals surface area contributed by atoms with Crippen LogP contribution in [0.3, 0.4) is 0 Å². The molecule has 88 valence electrons. The van der Waals surface area contributed by atoms with Gasteiger partial charge < -0.3 is 4.90 Å². The predicted octanol–water partition coefficient (Wildman–Crippen LogP) is 2.93. The van der Waals surface area contributed by atoms with E-state index in [0.717, 1.165) is 30.2 Å². The first kappa shape index (κ1) is 10.9. The molecule has 0 aliphatic carbocycles. The zero-order valence-corrected chi connectivity index (χ0v) is 10.7. The Hall–Kier alpha value is -1.20. The van der Waals surface area contributed by atoms with Crippen LogP contribution in [0.4, 0.5) is 5.82 Å². The summed E-state index contributed by atoms with van der Waals surface area (Å²) in [6.45, 7) is 0.985. The lowest BCUT2D eigenvalue weighted by Crippen LogP contribution is -2.23. The molecule has 2 aromatic rings. The van der Waals surface area contributed by atoms with Crippen LogP contribution in [0.5, 0.6) is 0 Å². The maximum absolute atomic E-state index is 5.88. The van der Waals surface area contributed by atoms with Crippen LogP contribution in [-0.4, -0.2) is 21.5 Å². The Labute approximate surface area is 108 Å². The molecule has 0 amide bonds. The lowest BCUT2D eigenvalue weighted by molar-refractivity contribution is 0.704. The number of hydrogen-bond acceptors (Lipinski definition) is 5. The molecule has 1 aliphatic heterocycles. The van der Waals surface area contributed by atoms with E-state index in [9.17, 15) is 0 Å². The molecule has 6 heteroatoms. The van der Waals surface area contributed by atoms with Gasteiger partial charge >= 0.3 is 0 Å². The number of hydrogen-bond donors (Lipinski definition) is 0. The summed E-state index contributed by atoms with van der Waals surface area (Å²) in [5.41, 5.74) is 0. The first-order chi connectivity index (χ1) is 8.34. The molecule has 0 radical (unpaired) electrons. The monoisotopic (exact) mass is 266 g/mol. The highest BCUT2D eigenvalue weighted by Gasteiger charge is 2.29. The standard InChI is InChI=1S/C11H11ClN4S/c12-9-6-13-7-10(15-9)16-4-1-2-8(16)11-14-3-5-17-11/h3,5-8H,1-2,4H2. The van der Waals surface area contributed by atoms with Crippen LogP contribution in [-0.2, 0) is 0 Å². The second-order valence-corrected chi connectivity index (χ2v) is 5.24. The summed E-state index contributed by atoms with van der Waals surface area (Å²) < 4.78 is 0. The summed E-state index contributed by atoms with van der Waals surface area (Å²) >= 11 is 7.57. The molecule has 0 bridgehead atoms. The van der Waals surface area contributed by atoms with Gasteiger partial charge in [-0.1, -0.05) is 11.6 Å². The van der Waals surface area contributed by atoms with Crippen molar-refractivity contribution in [1.29, 1.82) is 0 Å². The molecule has 17 heavy (non-hydrogen) atoms. The molecule has 0 spiro atoms. The van der Waals surface area contributed by atoms with Gasteiger partial charge in [0.05, 0.1) is 18.4 Å². The average Bonchev–Trinajstić information content (AvgIpc) is 3.00. The highest BCUT2D eigenvalue weighted by Crippen LogP contribution is 2.35. The van der Waals surface area contributed by atoms with Gasteiger partial charge in [0, 0.05) is 18.1 Å². The lowest BCUT2D eigenvalue weighted by atomic mass is 10.2. The summed E-state index contributed by atoms with van der Waals surface area (Å²) in [5.74, 6) is 0.843. The van der Waals surface area contributed by atoms with Crippen LogP contribution in [0.25, 0.3) is 0 Å². The van der Waals surface area contributed by atoms with Crippen molar-refractivity contribution in [2.75, 3.05) is 11.4 Å². The fourth-order valence-corrected chi connectivity index (χ4v) is 3.10. The normalized spacial score (nSPS) is 19.8.